The van der Waals surface area contributed by atoms with Crippen LogP contribution in [0.25, 0.3) is 0 Å². The molecule has 0 unspecified atom stereocenters. The van der Waals surface area contributed by atoms with Crippen LogP contribution in [0.4, 0.5) is 13.2 Å². The lowest BCUT2D eigenvalue weighted by molar-refractivity contribution is 0.103. The van der Waals surface area contributed by atoms with Gasteiger partial charge in [-0.3, -0.25) is 4.79 Å². The minimum absolute atomic E-state index is 0.367. The van der Waals surface area contributed by atoms with E-state index >= 15 is 0 Å². The molecule has 0 aromatic heterocycles. The Hall–Kier alpha value is -1.10. The zero-order chi connectivity index (χ0) is 10.9. The van der Waals surface area contributed by atoms with Crippen LogP contribution in [-0.2, 0) is 0 Å². The van der Waals surface area contributed by atoms with Crippen LogP contribution < -0.4 is 0 Å². The third kappa shape index (κ3) is 1.72. The van der Waals surface area contributed by atoms with Gasteiger partial charge in [0.1, 0.15) is 5.82 Å². The van der Waals surface area contributed by atoms with Gasteiger partial charge in [0.05, 0.1) is 10.0 Å². The largest absolute Gasteiger partial charge is 0.289 e. The predicted molar refractivity (Wildman–Crippen MR) is 48.5 cm³/mol. The molecule has 0 radical (unpaired) electrons. The third-order valence-corrected chi connectivity index (χ3v) is 2.12. The molecule has 1 aromatic rings. The summed E-state index contributed by atoms with van der Waals surface area (Å²) >= 11 is 2.61. The third-order valence-electron chi connectivity index (χ3n) is 1.55. The smallest absolute Gasteiger partial charge is 0.191 e. The molecule has 0 aliphatic carbocycles. The summed E-state index contributed by atoms with van der Waals surface area (Å²) in [5, 5.41) is 0. The van der Waals surface area contributed by atoms with Crippen molar-refractivity contribution in [3.8, 4) is 0 Å². The molecule has 5 heteroatoms. The Balaban J connectivity index is 3.51. The van der Waals surface area contributed by atoms with Crippen molar-refractivity contribution in [3.63, 3.8) is 0 Å². The van der Waals surface area contributed by atoms with Crippen molar-refractivity contribution in [1.82, 2.24) is 0 Å². The Kier molecular flexibility index (Phi) is 3.10. The van der Waals surface area contributed by atoms with Crippen LogP contribution in [0.15, 0.2) is 23.2 Å². The van der Waals surface area contributed by atoms with Crippen LogP contribution in [0.5, 0.6) is 0 Å². The second-order valence-corrected chi connectivity index (χ2v) is 3.27. The molecule has 1 aromatic carbocycles. The van der Waals surface area contributed by atoms with E-state index in [-0.39, 0.29) is 4.47 Å². The molecule has 74 valence electrons. The predicted octanol–water partition coefficient (Wildman–Crippen LogP) is 3.24. The lowest BCUT2D eigenvalue weighted by Crippen LogP contribution is -2.05. The van der Waals surface area contributed by atoms with E-state index in [9.17, 15) is 18.0 Å². The van der Waals surface area contributed by atoms with Gasteiger partial charge in [0.15, 0.2) is 17.4 Å². The molecule has 0 spiro atoms. The first-order valence-electron chi connectivity index (χ1n) is 3.48. The maximum atomic E-state index is 13.0. The molecule has 0 bridgehead atoms. The summed E-state index contributed by atoms with van der Waals surface area (Å²) in [7, 11) is 0. The molecule has 0 amide bonds. The van der Waals surface area contributed by atoms with Gasteiger partial charge in [-0.25, -0.2) is 13.2 Å². The van der Waals surface area contributed by atoms with Crippen LogP contribution in [-0.4, -0.2) is 5.78 Å². The van der Waals surface area contributed by atoms with Gasteiger partial charge in [0.2, 0.25) is 0 Å². The number of carbonyl (C=O) groups excluding carboxylic acids is 1. The van der Waals surface area contributed by atoms with Gasteiger partial charge in [-0.1, -0.05) is 6.58 Å². The van der Waals surface area contributed by atoms with Crippen molar-refractivity contribution in [2.24, 2.45) is 0 Å². The first kappa shape index (κ1) is 11.0. The van der Waals surface area contributed by atoms with E-state index in [0.717, 1.165) is 6.08 Å². The summed E-state index contributed by atoms with van der Waals surface area (Å²) in [6.45, 7) is 3.05. The van der Waals surface area contributed by atoms with Gasteiger partial charge in [0, 0.05) is 0 Å². The highest BCUT2D eigenvalue weighted by Gasteiger charge is 2.21. The number of ketones is 1. The second-order valence-electron chi connectivity index (χ2n) is 2.41. The molecule has 14 heavy (non-hydrogen) atoms. The van der Waals surface area contributed by atoms with Crippen LogP contribution in [0, 0.1) is 17.5 Å². The molecule has 0 saturated carbocycles. The number of carbonyl (C=O) groups is 1. The molecular formula is C9H4BrF3O. The second kappa shape index (κ2) is 3.96. The van der Waals surface area contributed by atoms with Crippen molar-refractivity contribution in [2.75, 3.05) is 0 Å². The van der Waals surface area contributed by atoms with Gasteiger partial charge in [0.25, 0.3) is 0 Å². The van der Waals surface area contributed by atoms with Crippen molar-refractivity contribution in [1.29, 1.82) is 0 Å². The lowest BCUT2D eigenvalue weighted by atomic mass is 10.1. The van der Waals surface area contributed by atoms with E-state index in [0.29, 0.717) is 6.07 Å². The molecule has 0 fully saturated rings. The maximum Gasteiger partial charge on any atom is 0.191 e. The normalized spacial score (nSPS) is 10.0. The first-order valence-corrected chi connectivity index (χ1v) is 4.28. The van der Waals surface area contributed by atoms with E-state index in [1.54, 1.807) is 0 Å². The number of hydrogen-bond donors (Lipinski definition) is 0. The van der Waals surface area contributed by atoms with Gasteiger partial charge >= 0.3 is 0 Å². The van der Waals surface area contributed by atoms with E-state index < -0.39 is 28.8 Å². The van der Waals surface area contributed by atoms with Crippen molar-refractivity contribution < 1.29 is 18.0 Å². The highest BCUT2D eigenvalue weighted by atomic mass is 79.9. The van der Waals surface area contributed by atoms with Crippen LogP contribution in [0.1, 0.15) is 10.4 Å². The van der Waals surface area contributed by atoms with Crippen LogP contribution >= 0.6 is 15.9 Å². The fourth-order valence-electron chi connectivity index (χ4n) is 0.894. The van der Waals surface area contributed by atoms with Crippen molar-refractivity contribution in [2.45, 2.75) is 0 Å². The molecule has 0 heterocycles. The summed E-state index contributed by atoms with van der Waals surface area (Å²) in [5.41, 5.74) is -0.930. The fraction of sp³-hybridized carbons (Fsp3) is 0. The molecule has 0 atom stereocenters. The monoisotopic (exact) mass is 264 g/mol. The minimum Gasteiger partial charge on any atom is -0.289 e. The van der Waals surface area contributed by atoms with Crippen LogP contribution in [0.2, 0.25) is 0 Å². The highest BCUT2D eigenvalue weighted by Crippen LogP contribution is 2.24. The van der Waals surface area contributed by atoms with Gasteiger partial charge in [-0.2, -0.15) is 0 Å². The fourth-order valence-corrected chi connectivity index (χ4v) is 1.27. The topological polar surface area (TPSA) is 17.1 Å². The molecular weight excluding hydrogens is 261 g/mol. The van der Waals surface area contributed by atoms with Crippen molar-refractivity contribution in [3.05, 3.63) is 46.2 Å². The van der Waals surface area contributed by atoms with Gasteiger partial charge in [-0.15, -0.1) is 0 Å². The van der Waals surface area contributed by atoms with E-state index in [4.69, 9.17) is 0 Å². The molecule has 1 nitrogen and oxygen atoms in total. The zero-order valence-electron chi connectivity index (χ0n) is 6.78. The molecule has 0 aliphatic rings. The average Bonchev–Trinajstić information content (AvgIpc) is 2.14. The Morgan fingerprint density at radius 2 is 1.93 bits per heavy atom. The Morgan fingerprint density at radius 3 is 2.43 bits per heavy atom. The van der Waals surface area contributed by atoms with E-state index in [1.807, 2.05) is 0 Å². The molecule has 1 rings (SSSR count). The molecule has 0 N–H and O–H groups in total. The van der Waals surface area contributed by atoms with Crippen LogP contribution in [0.3, 0.4) is 0 Å². The summed E-state index contributed by atoms with van der Waals surface area (Å²) < 4.78 is 38.6. The molecule has 0 aliphatic heterocycles. The quantitative estimate of drug-likeness (QED) is 0.347. The highest BCUT2D eigenvalue weighted by molar-refractivity contribution is 9.10. The minimum atomic E-state index is -1.51. The van der Waals surface area contributed by atoms with E-state index in [2.05, 4.69) is 22.5 Å². The Bertz CT molecular complexity index is 415. The lowest BCUT2D eigenvalue weighted by Gasteiger charge is -2.03. The Morgan fingerprint density at radius 1 is 1.36 bits per heavy atom. The average molecular weight is 265 g/mol. The standard InChI is InChI=1S/C9H4BrF3O/c1-2-6(14)7-5(11)3-4(10)8(12)9(7)13/h2-3H,1H2. The summed E-state index contributed by atoms with van der Waals surface area (Å²) in [6, 6.07) is 0.690. The number of benzene rings is 1. The van der Waals surface area contributed by atoms with Gasteiger partial charge < -0.3 is 0 Å². The Labute approximate surface area is 86.4 Å². The zero-order valence-corrected chi connectivity index (χ0v) is 8.37. The number of allylic oxidation sites excluding steroid dienone is 1. The number of halogens is 4. The first-order chi connectivity index (χ1) is 6.49. The number of hydrogen-bond acceptors (Lipinski definition) is 1. The van der Waals surface area contributed by atoms with E-state index in [1.165, 1.54) is 0 Å². The summed E-state index contributed by atoms with van der Waals surface area (Å²) in [6.07, 6.45) is 0.717. The summed E-state index contributed by atoms with van der Waals surface area (Å²) in [5.74, 6) is -4.93. The number of rotatable bonds is 2. The van der Waals surface area contributed by atoms with Crippen molar-refractivity contribution >= 4 is 21.7 Å². The molecule has 0 saturated heterocycles. The maximum absolute atomic E-state index is 13.0. The SMILES string of the molecule is C=CC(=O)c1c(F)cc(Br)c(F)c1F. The summed E-state index contributed by atoms with van der Waals surface area (Å²) in [4.78, 5) is 10.9. The van der Waals surface area contributed by atoms with Gasteiger partial charge in [-0.05, 0) is 28.1 Å².